The van der Waals surface area contributed by atoms with E-state index in [1.54, 1.807) is 4.90 Å². The molecule has 0 bridgehead atoms. The van der Waals surface area contributed by atoms with Crippen LogP contribution >= 0.6 is 0 Å². The van der Waals surface area contributed by atoms with E-state index in [9.17, 15) is 4.79 Å². The van der Waals surface area contributed by atoms with Crippen LogP contribution in [0.5, 0.6) is 0 Å². The van der Waals surface area contributed by atoms with Crippen LogP contribution in [0.15, 0.2) is 30.5 Å². The highest BCUT2D eigenvalue weighted by molar-refractivity contribution is 6.06. The number of unbranched alkanes of at least 4 members (excludes halogenated alkanes) is 1. The number of nitrogens with zero attached hydrogens (tertiary/aromatic N) is 1. The zero-order chi connectivity index (χ0) is 13.7. The fourth-order valence-electron chi connectivity index (χ4n) is 2.23. The largest absolute Gasteiger partial charge is 0.395 e. The number of amides is 1. The predicted octanol–water partition coefficient (Wildman–Crippen LogP) is 2.40. The second-order valence-corrected chi connectivity index (χ2v) is 4.61. The lowest BCUT2D eigenvalue weighted by Crippen LogP contribution is -2.34. The smallest absolute Gasteiger partial charge is 0.254 e. The van der Waals surface area contributed by atoms with E-state index >= 15 is 0 Å². The molecule has 102 valence electrons. The maximum absolute atomic E-state index is 12.6. The summed E-state index contributed by atoms with van der Waals surface area (Å²) in [5.74, 6) is -0.00676. The lowest BCUT2D eigenvalue weighted by atomic mass is 10.1. The molecule has 2 N–H and O–H groups in total. The number of hydrogen-bond acceptors (Lipinski definition) is 2. The first-order valence-electron chi connectivity index (χ1n) is 6.74. The van der Waals surface area contributed by atoms with Gasteiger partial charge in [-0.2, -0.15) is 0 Å². The minimum atomic E-state index is -0.00676. The second kappa shape index (κ2) is 6.38. The van der Waals surface area contributed by atoms with E-state index < -0.39 is 0 Å². The van der Waals surface area contributed by atoms with Gasteiger partial charge in [-0.05, 0) is 24.6 Å². The maximum atomic E-state index is 12.6. The first-order chi connectivity index (χ1) is 9.27. The van der Waals surface area contributed by atoms with Gasteiger partial charge >= 0.3 is 0 Å². The first-order valence-corrected chi connectivity index (χ1v) is 6.74. The molecule has 19 heavy (non-hydrogen) atoms. The number of hydrogen-bond donors (Lipinski definition) is 2. The third-order valence-corrected chi connectivity index (χ3v) is 3.26. The van der Waals surface area contributed by atoms with Crippen molar-refractivity contribution in [2.45, 2.75) is 19.8 Å². The van der Waals surface area contributed by atoms with Crippen LogP contribution in [-0.4, -0.2) is 40.6 Å². The summed E-state index contributed by atoms with van der Waals surface area (Å²) in [5.41, 5.74) is 1.66. The van der Waals surface area contributed by atoms with Crippen molar-refractivity contribution in [2.24, 2.45) is 0 Å². The maximum Gasteiger partial charge on any atom is 0.254 e. The molecule has 0 spiro atoms. The highest BCUT2D eigenvalue weighted by atomic mass is 16.3. The molecule has 0 aliphatic rings. The number of carbonyl (C=O) groups excluding carboxylic acids is 1. The fraction of sp³-hybridized carbons (Fsp3) is 0.400. The number of carbonyl (C=O) groups is 1. The lowest BCUT2D eigenvalue weighted by Gasteiger charge is -2.22. The Kier molecular flexibility index (Phi) is 4.58. The van der Waals surface area contributed by atoms with Crippen molar-refractivity contribution < 1.29 is 9.90 Å². The summed E-state index contributed by atoms with van der Waals surface area (Å²) in [6, 6.07) is 7.59. The van der Waals surface area contributed by atoms with Crippen molar-refractivity contribution in [1.82, 2.24) is 9.88 Å². The Morgan fingerprint density at radius 1 is 1.32 bits per heavy atom. The molecule has 2 aromatic rings. The van der Waals surface area contributed by atoms with Gasteiger partial charge < -0.3 is 15.0 Å². The monoisotopic (exact) mass is 260 g/mol. The zero-order valence-electron chi connectivity index (χ0n) is 11.2. The van der Waals surface area contributed by atoms with Gasteiger partial charge in [0.05, 0.1) is 6.61 Å². The van der Waals surface area contributed by atoms with Crippen LogP contribution < -0.4 is 0 Å². The van der Waals surface area contributed by atoms with Crippen LogP contribution in [0.2, 0.25) is 0 Å². The van der Waals surface area contributed by atoms with E-state index in [0.717, 1.165) is 23.7 Å². The van der Waals surface area contributed by atoms with E-state index in [2.05, 4.69) is 11.9 Å². The Labute approximate surface area is 113 Å². The summed E-state index contributed by atoms with van der Waals surface area (Å²) in [6.45, 7) is 3.17. The molecule has 0 aliphatic heterocycles. The molecule has 0 saturated heterocycles. The van der Waals surface area contributed by atoms with Crippen LogP contribution in [0, 0.1) is 0 Å². The van der Waals surface area contributed by atoms with E-state index in [1.165, 1.54) is 0 Å². The molecule has 4 heteroatoms. The second-order valence-electron chi connectivity index (χ2n) is 4.61. The molecule has 2 rings (SSSR count). The van der Waals surface area contributed by atoms with Gasteiger partial charge in [0.1, 0.15) is 0 Å². The molecular formula is C15H20N2O2. The molecule has 0 fully saturated rings. The molecule has 4 nitrogen and oxygen atoms in total. The highest BCUT2D eigenvalue weighted by Gasteiger charge is 2.17. The third kappa shape index (κ3) is 2.96. The van der Waals surface area contributed by atoms with Crippen molar-refractivity contribution in [1.29, 1.82) is 0 Å². The van der Waals surface area contributed by atoms with Gasteiger partial charge in [0.2, 0.25) is 0 Å². The fourth-order valence-corrected chi connectivity index (χ4v) is 2.23. The quantitative estimate of drug-likeness (QED) is 0.838. The summed E-state index contributed by atoms with van der Waals surface area (Å²) in [7, 11) is 0. The van der Waals surface area contributed by atoms with E-state index in [4.69, 9.17) is 5.11 Å². The van der Waals surface area contributed by atoms with E-state index in [1.807, 2.05) is 30.5 Å². The lowest BCUT2D eigenvalue weighted by molar-refractivity contribution is 0.0721. The summed E-state index contributed by atoms with van der Waals surface area (Å²) in [4.78, 5) is 17.4. The minimum Gasteiger partial charge on any atom is -0.395 e. The summed E-state index contributed by atoms with van der Waals surface area (Å²) < 4.78 is 0. The van der Waals surface area contributed by atoms with E-state index in [0.29, 0.717) is 18.7 Å². The number of H-pyrrole nitrogens is 1. The van der Waals surface area contributed by atoms with Gasteiger partial charge in [-0.3, -0.25) is 4.79 Å². The number of benzene rings is 1. The Balaban J connectivity index is 2.27. The molecule has 1 heterocycles. The predicted molar refractivity (Wildman–Crippen MR) is 76.2 cm³/mol. The molecule has 1 aromatic carbocycles. The van der Waals surface area contributed by atoms with Gasteiger partial charge in [0.15, 0.2) is 0 Å². The molecule has 1 amide bonds. The Morgan fingerprint density at radius 3 is 2.89 bits per heavy atom. The average Bonchev–Trinajstić information content (AvgIpc) is 2.91. The molecule has 0 radical (unpaired) electrons. The zero-order valence-corrected chi connectivity index (χ0v) is 11.2. The molecule has 0 unspecified atom stereocenters. The minimum absolute atomic E-state index is 0.00142. The van der Waals surface area contributed by atoms with Gasteiger partial charge in [-0.1, -0.05) is 19.4 Å². The van der Waals surface area contributed by atoms with Crippen molar-refractivity contribution in [2.75, 3.05) is 19.7 Å². The molecule has 0 atom stereocenters. The number of aliphatic hydroxyl groups is 1. The molecule has 0 aliphatic carbocycles. The number of rotatable bonds is 6. The van der Waals surface area contributed by atoms with Crippen molar-refractivity contribution in [3.05, 3.63) is 36.0 Å². The SMILES string of the molecule is CCCCN(CCO)C(=O)c1cccc2[nH]ccc12. The highest BCUT2D eigenvalue weighted by Crippen LogP contribution is 2.19. The van der Waals surface area contributed by atoms with Crippen LogP contribution in [0.3, 0.4) is 0 Å². The van der Waals surface area contributed by atoms with Crippen LogP contribution in [0.1, 0.15) is 30.1 Å². The number of fused-ring (bicyclic) bond motifs is 1. The Bertz CT molecular complexity index is 548. The number of nitrogens with one attached hydrogen (secondary N) is 1. The number of aromatic amines is 1. The Hall–Kier alpha value is -1.81. The summed E-state index contributed by atoms with van der Waals surface area (Å²) in [6.07, 6.45) is 3.82. The Morgan fingerprint density at radius 2 is 2.16 bits per heavy atom. The average molecular weight is 260 g/mol. The van der Waals surface area contributed by atoms with Gasteiger partial charge in [-0.15, -0.1) is 0 Å². The van der Waals surface area contributed by atoms with Gasteiger partial charge in [0.25, 0.3) is 5.91 Å². The van der Waals surface area contributed by atoms with Crippen LogP contribution in [0.4, 0.5) is 0 Å². The third-order valence-electron chi connectivity index (χ3n) is 3.26. The normalized spacial score (nSPS) is 10.8. The van der Waals surface area contributed by atoms with Crippen molar-refractivity contribution in [3.63, 3.8) is 0 Å². The molecule has 0 saturated carbocycles. The number of aromatic nitrogens is 1. The topological polar surface area (TPSA) is 56.3 Å². The summed E-state index contributed by atoms with van der Waals surface area (Å²) >= 11 is 0. The van der Waals surface area contributed by atoms with Crippen molar-refractivity contribution >= 4 is 16.8 Å². The number of aliphatic hydroxyl groups excluding tert-OH is 1. The first kappa shape index (κ1) is 13.6. The van der Waals surface area contributed by atoms with Crippen LogP contribution in [0.25, 0.3) is 10.9 Å². The standard InChI is InChI=1S/C15H20N2O2/c1-2-3-9-17(10-11-18)15(19)13-5-4-6-14-12(13)7-8-16-14/h4-8,16,18H,2-3,9-11H2,1H3. The van der Waals surface area contributed by atoms with Crippen LogP contribution in [-0.2, 0) is 0 Å². The van der Waals surface area contributed by atoms with Gasteiger partial charge in [0, 0.05) is 35.8 Å². The summed E-state index contributed by atoms with van der Waals surface area (Å²) in [5, 5.41) is 10.0. The van der Waals surface area contributed by atoms with Gasteiger partial charge in [-0.25, -0.2) is 0 Å². The molecular weight excluding hydrogens is 240 g/mol. The molecule has 1 aromatic heterocycles. The van der Waals surface area contributed by atoms with E-state index in [-0.39, 0.29) is 12.5 Å². The van der Waals surface area contributed by atoms with Crippen molar-refractivity contribution in [3.8, 4) is 0 Å².